The smallest absolute Gasteiger partial charge is 0.262 e. The van der Waals surface area contributed by atoms with E-state index in [1.54, 1.807) is 24.1 Å². The van der Waals surface area contributed by atoms with Gasteiger partial charge < -0.3 is 19.7 Å². The Kier molecular flexibility index (Phi) is 5.33. The summed E-state index contributed by atoms with van der Waals surface area (Å²) in [6.07, 6.45) is 1.48. The molecule has 0 aliphatic carbocycles. The van der Waals surface area contributed by atoms with Crippen LogP contribution in [-0.4, -0.2) is 32.1 Å². The Morgan fingerprint density at radius 1 is 1.00 bits per heavy atom. The summed E-state index contributed by atoms with van der Waals surface area (Å²) in [7, 11) is 1.63. The number of nitrogens with zero attached hydrogens (tertiary/aromatic N) is 1. The van der Waals surface area contributed by atoms with Crippen LogP contribution in [0.4, 0.5) is 11.4 Å². The molecule has 148 valence electrons. The van der Waals surface area contributed by atoms with Crippen LogP contribution in [0.5, 0.6) is 11.5 Å². The van der Waals surface area contributed by atoms with E-state index in [-0.39, 0.29) is 18.4 Å². The second kappa shape index (κ2) is 8.22. The average Bonchev–Trinajstić information content (AvgIpc) is 3.18. The second-order valence-electron chi connectivity index (χ2n) is 6.91. The van der Waals surface area contributed by atoms with Crippen molar-refractivity contribution in [2.75, 3.05) is 30.5 Å². The van der Waals surface area contributed by atoms with Gasteiger partial charge in [-0.1, -0.05) is 12.1 Å². The van der Waals surface area contributed by atoms with E-state index in [1.807, 2.05) is 48.5 Å². The summed E-state index contributed by atoms with van der Waals surface area (Å²) in [4.78, 5) is 25.8. The van der Waals surface area contributed by atoms with Crippen molar-refractivity contribution in [3.63, 3.8) is 0 Å². The quantitative estimate of drug-likeness (QED) is 0.691. The molecule has 0 bridgehead atoms. The molecule has 1 saturated heterocycles. The molecule has 1 fully saturated rings. The molecule has 1 N–H and O–H groups in total. The maximum absolute atomic E-state index is 12.2. The number of anilines is 2. The number of rotatable bonds is 6. The molecule has 3 aromatic carbocycles. The molecule has 0 unspecified atom stereocenters. The van der Waals surface area contributed by atoms with Crippen LogP contribution >= 0.6 is 0 Å². The predicted molar refractivity (Wildman–Crippen MR) is 113 cm³/mol. The van der Waals surface area contributed by atoms with Crippen LogP contribution < -0.4 is 19.7 Å². The molecule has 0 aromatic heterocycles. The van der Waals surface area contributed by atoms with Crippen molar-refractivity contribution in [3.8, 4) is 11.5 Å². The molecule has 1 aliphatic heterocycles. The minimum absolute atomic E-state index is 0.0954. The molecule has 1 heterocycles. The van der Waals surface area contributed by atoms with Crippen LogP contribution in [-0.2, 0) is 9.59 Å². The highest BCUT2D eigenvalue weighted by Crippen LogP contribution is 2.25. The van der Waals surface area contributed by atoms with Crippen LogP contribution in [0.2, 0.25) is 0 Å². The lowest BCUT2D eigenvalue weighted by Gasteiger charge is -2.16. The zero-order valence-electron chi connectivity index (χ0n) is 16.2. The van der Waals surface area contributed by atoms with Gasteiger partial charge in [-0.2, -0.15) is 0 Å². The first-order chi connectivity index (χ1) is 14.1. The molecule has 29 heavy (non-hydrogen) atoms. The molecule has 2 amide bonds. The van der Waals surface area contributed by atoms with Crippen molar-refractivity contribution in [2.24, 2.45) is 0 Å². The average molecular weight is 390 g/mol. The Hall–Kier alpha value is -3.54. The number of hydrogen-bond acceptors (Lipinski definition) is 4. The fourth-order valence-corrected chi connectivity index (χ4v) is 3.41. The summed E-state index contributed by atoms with van der Waals surface area (Å²) in [5, 5.41) is 4.86. The summed E-state index contributed by atoms with van der Waals surface area (Å²) in [5.41, 5.74) is 1.52. The Balaban J connectivity index is 1.35. The number of fused-ring (bicyclic) bond motifs is 1. The fourth-order valence-electron chi connectivity index (χ4n) is 3.41. The van der Waals surface area contributed by atoms with Crippen LogP contribution in [0.3, 0.4) is 0 Å². The van der Waals surface area contributed by atoms with Gasteiger partial charge >= 0.3 is 0 Å². The monoisotopic (exact) mass is 390 g/mol. The Bertz CT molecular complexity index is 1050. The van der Waals surface area contributed by atoms with Crippen molar-refractivity contribution < 1.29 is 19.1 Å². The lowest BCUT2D eigenvalue weighted by atomic mass is 10.1. The molecule has 6 nitrogen and oxygen atoms in total. The highest BCUT2D eigenvalue weighted by molar-refractivity contribution is 5.96. The summed E-state index contributed by atoms with van der Waals surface area (Å²) < 4.78 is 10.9. The molecular weight excluding hydrogens is 368 g/mol. The lowest BCUT2D eigenvalue weighted by Crippen LogP contribution is -2.23. The number of carbonyl (C=O) groups is 2. The topological polar surface area (TPSA) is 67.9 Å². The van der Waals surface area contributed by atoms with Crippen molar-refractivity contribution in [2.45, 2.75) is 12.8 Å². The van der Waals surface area contributed by atoms with Gasteiger partial charge in [0.25, 0.3) is 5.91 Å². The SMILES string of the molecule is COc1ccc2ccc(OCC(=O)Nc3ccc(N4CCCC4=O)cc3)cc2c1. The number of nitrogens with one attached hydrogen (secondary N) is 1. The minimum atomic E-state index is -0.249. The Labute approximate surface area is 169 Å². The van der Waals surface area contributed by atoms with Gasteiger partial charge in [-0.25, -0.2) is 0 Å². The maximum atomic E-state index is 12.2. The lowest BCUT2D eigenvalue weighted by molar-refractivity contribution is -0.118. The Morgan fingerprint density at radius 2 is 1.72 bits per heavy atom. The molecule has 6 heteroatoms. The molecule has 0 spiro atoms. The van der Waals surface area contributed by atoms with Gasteiger partial charge in [0.15, 0.2) is 6.61 Å². The van der Waals surface area contributed by atoms with E-state index < -0.39 is 0 Å². The largest absolute Gasteiger partial charge is 0.497 e. The predicted octanol–water partition coefficient (Wildman–Crippen LogP) is 3.99. The number of ether oxygens (including phenoxy) is 2. The third-order valence-electron chi connectivity index (χ3n) is 4.92. The number of methoxy groups -OCH3 is 1. The van der Waals surface area contributed by atoms with Gasteiger partial charge in [0, 0.05) is 24.3 Å². The maximum Gasteiger partial charge on any atom is 0.262 e. The van der Waals surface area contributed by atoms with Gasteiger partial charge in [-0.3, -0.25) is 9.59 Å². The molecule has 0 radical (unpaired) electrons. The van der Waals surface area contributed by atoms with Gasteiger partial charge in [0.1, 0.15) is 11.5 Å². The van der Waals surface area contributed by atoms with Gasteiger partial charge in [-0.05, 0) is 65.7 Å². The standard InChI is InChI=1S/C23H22N2O4/c1-28-20-10-4-16-5-11-21(14-17(16)13-20)29-15-22(26)24-18-6-8-19(9-7-18)25-12-2-3-23(25)27/h4-11,13-14H,2-3,12,15H2,1H3,(H,24,26). The van der Waals surface area contributed by atoms with Gasteiger partial charge in [0.2, 0.25) is 5.91 Å². The molecule has 3 aromatic rings. The summed E-state index contributed by atoms with van der Waals surface area (Å²) in [6.45, 7) is 0.651. The first-order valence-corrected chi connectivity index (χ1v) is 9.53. The first-order valence-electron chi connectivity index (χ1n) is 9.53. The van der Waals surface area contributed by atoms with Gasteiger partial charge in [-0.15, -0.1) is 0 Å². The zero-order chi connectivity index (χ0) is 20.2. The summed E-state index contributed by atoms with van der Waals surface area (Å²) in [5.74, 6) is 1.28. The third-order valence-corrected chi connectivity index (χ3v) is 4.92. The minimum Gasteiger partial charge on any atom is -0.497 e. The van der Waals surface area contributed by atoms with E-state index in [4.69, 9.17) is 9.47 Å². The molecular formula is C23H22N2O4. The van der Waals surface area contributed by atoms with E-state index in [0.717, 1.165) is 35.2 Å². The van der Waals surface area contributed by atoms with E-state index in [9.17, 15) is 9.59 Å². The highest BCUT2D eigenvalue weighted by atomic mass is 16.5. The number of amides is 2. The van der Waals surface area contributed by atoms with E-state index in [0.29, 0.717) is 17.9 Å². The number of benzene rings is 3. The first kappa shape index (κ1) is 18.8. The zero-order valence-corrected chi connectivity index (χ0v) is 16.2. The van der Waals surface area contributed by atoms with Gasteiger partial charge in [0.05, 0.1) is 7.11 Å². The fraction of sp³-hybridized carbons (Fsp3) is 0.217. The normalized spacial score (nSPS) is 13.6. The molecule has 0 saturated carbocycles. The third kappa shape index (κ3) is 4.32. The summed E-state index contributed by atoms with van der Waals surface area (Å²) >= 11 is 0. The summed E-state index contributed by atoms with van der Waals surface area (Å²) in [6, 6.07) is 18.7. The van der Waals surface area contributed by atoms with Crippen molar-refractivity contribution in [1.82, 2.24) is 0 Å². The van der Waals surface area contributed by atoms with Crippen molar-refractivity contribution in [3.05, 3.63) is 60.7 Å². The van der Waals surface area contributed by atoms with E-state index in [2.05, 4.69) is 5.32 Å². The Morgan fingerprint density at radius 3 is 2.41 bits per heavy atom. The van der Waals surface area contributed by atoms with Crippen LogP contribution in [0, 0.1) is 0 Å². The second-order valence-corrected chi connectivity index (χ2v) is 6.91. The molecule has 1 aliphatic rings. The van der Waals surface area contributed by atoms with Crippen LogP contribution in [0.1, 0.15) is 12.8 Å². The van der Waals surface area contributed by atoms with Crippen molar-refractivity contribution >= 4 is 34.0 Å². The van der Waals surface area contributed by atoms with E-state index in [1.165, 1.54) is 0 Å². The highest BCUT2D eigenvalue weighted by Gasteiger charge is 2.21. The number of hydrogen-bond donors (Lipinski definition) is 1. The molecule has 4 rings (SSSR count). The number of carbonyl (C=O) groups excluding carboxylic acids is 2. The van der Waals surface area contributed by atoms with Crippen LogP contribution in [0.25, 0.3) is 10.8 Å². The van der Waals surface area contributed by atoms with Crippen LogP contribution in [0.15, 0.2) is 60.7 Å². The van der Waals surface area contributed by atoms with E-state index >= 15 is 0 Å². The van der Waals surface area contributed by atoms with Crippen molar-refractivity contribution in [1.29, 1.82) is 0 Å². The molecule has 0 atom stereocenters.